The summed E-state index contributed by atoms with van der Waals surface area (Å²) in [5.41, 5.74) is -0.274. The molecule has 3 heterocycles. The summed E-state index contributed by atoms with van der Waals surface area (Å²) in [6, 6.07) is 2.00. The Kier molecular flexibility index (Phi) is 6.56. The van der Waals surface area contributed by atoms with Crippen LogP contribution in [0.4, 0.5) is 0 Å². The average Bonchev–Trinajstić information content (AvgIpc) is 3.14. The lowest BCUT2D eigenvalue weighted by atomic mass is 9.98. The van der Waals surface area contributed by atoms with Crippen LogP contribution in [0.3, 0.4) is 0 Å². The maximum absolute atomic E-state index is 12.9. The number of β-lactam (4-membered cyclic amide) rings is 1. The Morgan fingerprint density at radius 2 is 2.00 bits per heavy atom. The first kappa shape index (κ1) is 22.4. The molecule has 3 atom stereocenters. The van der Waals surface area contributed by atoms with Crippen LogP contribution in [0.2, 0.25) is 0 Å². The van der Waals surface area contributed by atoms with Gasteiger partial charge in [-0.25, -0.2) is 4.79 Å². The summed E-state index contributed by atoms with van der Waals surface area (Å²) in [7, 11) is 0. The van der Waals surface area contributed by atoms with Crippen molar-refractivity contribution in [3.63, 3.8) is 0 Å². The minimum absolute atomic E-state index is 0.113. The summed E-state index contributed by atoms with van der Waals surface area (Å²) < 4.78 is 10.5. The zero-order valence-corrected chi connectivity index (χ0v) is 18.8. The molecule has 30 heavy (non-hydrogen) atoms. The van der Waals surface area contributed by atoms with E-state index in [1.165, 1.54) is 34.9 Å². The molecule has 10 heteroatoms. The molecule has 2 aliphatic heterocycles. The van der Waals surface area contributed by atoms with Crippen molar-refractivity contribution in [2.24, 2.45) is 0 Å². The predicted octanol–water partition coefficient (Wildman–Crippen LogP) is 1.85. The Morgan fingerprint density at radius 1 is 1.27 bits per heavy atom. The minimum atomic E-state index is -0.993. The van der Waals surface area contributed by atoms with E-state index in [1.807, 2.05) is 17.5 Å². The number of rotatable bonds is 6. The minimum Gasteiger partial charge on any atom is -0.461 e. The molecule has 0 spiro atoms. The van der Waals surface area contributed by atoms with Gasteiger partial charge in [-0.2, -0.15) is 0 Å². The van der Waals surface area contributed by atoms with Gasteiger partial charge in [0.05, 0.1) is 6.42 Å². The molecule has 0 radical (unpaired) electrons. The van der Waals surface area contributed by atoms with E-state index in [0.717, 1.165) is 4.88 Å². The van der Waals surface area contributed by atoms with Gasteiger partial charge in [0.1, 0.15) is 23.6 Å². The topological polar surface area (TPSA) is 102 Å². The first-order valence-corrected chi connectivity index (χ1v) is 11.2. The summed E-state index contributed by atoms with van der Waals surface area (Å²) in [6.07, 6.45) is 0.196. The Morgan fingerprint density at radius 3 is 2.60 bits per heavy atom. The van der Waals surface area contributed by atoms with Gasteiger partial charge in [-0.1, -0.05) is 6.07 Å². The Hall–Kier alpha value is -2.33. The molecule has 1 fully saturated rings. The second kappa shape index (κ2) is 8.81. The van der Waals surface area contributed by atoms with Crippen molar-refractivity contribution in [3.8, 4) is 0 Å². The van der Waals surface area contributed by atoms with Crippen LogP contribution in [-0.2, 0) is 35.1 Å². The van der Waals surface area contributed by atoms with E-state index in [4.69, 9.17) is 9.47 Å². The lowest BCUT2D eigenvalue weighted by molar-refractivity contribution is -0.170. The predicted molar refractivity (Wildman–Crippen MR) is 113 cm³/mol. The SMILES string of the molecule is CC(=O)OCC1=CS[C@@H]2[C@H](NC(=O)Cc3cccs3)C(=O)N2C1C(=O)OC(C)(C)C. The summed E-state index contributed by atoms with van der Waals surface area (Å²) in [5.74, 6) is -1.70. The van der Waals surface area contributed by atoms with Crippen molar-refractivity contribution in [2.75, 3.05) is 6.61 Å². The first-order valence-electron chi connectivity index (χ1n) is 9.41. The van der Waals surface area contributed by atoms with Gasteiger partial charge in [0, 0.05) is 17.4 Å². The highest BCUT2D eigenvalue weighted by Crippen LogP contribution is 2.40. The number of thiophene rings is 1. The van der Waals surface area contributed by atoms with Gasteiger partial charge in [0.15, 0.2) is 6.04 Å². The smallest absolute Gasteiger partial charge is 0.333 e. The van der Waals surface area contributed by atoms with Crippen molar-refractivity contribution in [3.05, 3.63) is 33.4 Å². The van der Waals surface area contributed by atoms with Crippen LogP contribution >= 0.6 is 23.1 Å². The van der Waals surface area contributed by atoms with E-state index in [0.29, 0.717) is 5.57 Å². The highest BCUT2D eigenvalue weighted by molar-refractivity contribution is 8.02. The fourth-order valence-corrected chi connectivity index (χ4v) is 5.07. The van der Waals surface area contributed by atoms with Crippen molar-refractivity contribution in [1.82, 2.24) is 10.2 Å². The molecule has 1 saturated heterocycles. The molecule has 1 aromatic heterocycles. The number of nitrogens with zero attached hydrogens (tertiary/aromatic N) is 1. The fraction of sp³-hybridized carbons (Fsp3) is 0.500. The number of carbonyl (C=O) groups excluding carboxylic acids is 4. The van der Waals surface area contributed by atoms with E-state index >= 15 is 0 Å². The van der Waals surface area contributed by atoms with Crippen LogP contribution < -0.4 is 5.32 Å². The standard InChI is InChI=1S/C20H24N2O6S2/c1-11(23)27-9-12-10-30-18-15(21-14(24)8-13-6-5-7-29-13)17(25)22(18)16(12)19(26)28-20(2,3)4/h5-7,10,15-16,18H,8-9H2,1-4H3,(H,21,24)/t15-,16?,18-/m1/s1. The molecule has 0 aromatic carbocycles. The fourth-order valence-electron chi connectivity index (χ4n) is 3.15. The molecular formula is C20H24N2O6S2. The quantitative estimate of drug-likeness (QED) is 0.519. The van der Waals surface area contributed by atoms with Gasteiger partial charge >= 0.3 is 11.9 Å². The third kappa shape index (κ3) is 5.04. The van der Waals surface area contributed by atoms with Crippen LogP contribution in [0.25, 0.3) is 0 Å². The third-order valence-corrected chi connectivity index (χ3v) is 6.46. The molecule has 1 N–H and O–H groups in total. The molecule has 2 amide bonds. The Bertz CT molecular complexity index is 874. The van der Waals surface area contributed by atoms with E-state index in [-0.39, 0.29) is 24.8 Å². The van der Waals surface area contributed by atoms with Gasteiger partial charge in [-0.3, -0.25) is 14.4 Å². The molecule has 1 unspecified atom stereocenters. The first-order chi connectivity index (χ1) is 14.1. The molecule has 162 valence electrons. The molecular weight excluding hydrogens is 428 g/mol. The van der Waals surface area contributed by atoms with Gasteiger partial charge in [0.2, 0.25) is 11.8 Å². The summed E-state index contributed by atoms with van der Waals surface area (Å²) in [4.78, 5) is 51.6. The number of ether oxygens (including phenoxy) is 2. The monoisotopic (exact) mass is 452 g/mol. The lowest BCUT2D eigenvalue weighted by Gasteiger charge is -2.51. The number of esters is 2. The van der Waals surface area contributed by atoms with Crippen LogP contribution in [-0.4, -0.2) is 58.3 Å². The second-order valence-electron chi connectivity index (χ2n) is 7.98. The summed E-state index contributed by atoms with van der Waals surface area (Å²) in [5, 5.41) is 5.94. The van der Waals surface area contributed by atoms with Crippen LogP contribution in [0.15, 0.2) is 28.5 Å². The average molecular weight is 453 g/mol. The van der Waals surface area contributed by atoms with Crippen molar-refractivity contribution in [2.45, 2.75) is 57.2 Å². The lowest BCUT2D eigenvalue weighted by Crippen LogP contribution is -2.74. The molecule has 2 aliphatic rings. The molecule has 8 nitrogen and oxygen atoms in total. The van der Waals surface area contributed by atoms with Crippen LogP contribution in [0.5, 0.6) is 0 Å². The second-order valence-corrected chi connectivity index (χ2v) is 10.0. The van der Waals surface area contributed by atoms with Gasteiger partial charge in [0.25, 0.3) is 0 Å². The van der Waals surface area contributed by atoms with E-state index < -0.39 is 35.0 Å². The van der Waals surface area contributed by atoms with Crippen molar-refractivity contribution in [1.29, 1.82) is 0 Å². The molecule has 1 aromatic rings. The number of carbonyl (C=O) groups is 4. The number of hydrogen-bond donors (Lipinski definition) is 1. The van der Waals surface area contributed by atoms with Gasteiger partial charge in [-0.15, -0.1) is 23.1 Å². The maximum Gasteiger partial charge on any atom is 0.333 e. The Labute approximate surface area is 183 Å². The van der Waals surface area contributed by atoms with Crippen LogP contribution in [0.1, 0.15) is 32.6 Å². The van der Waals surface area contributed by atoms with Gasteiger partial charge < -0.3 is 19.7 Å². The zero-order chi connectivity index (χ0) is 22.1. The molecule has 3 rings (SSSR count). The van der Waals surface area contributed by atoms with Crippen LogP contribution in [0, 0.1) is 0 Å². The number of amides is 2. The van der Waals surface area contributed by atoms with Gasteiger partial charge in [-0.05, 0) is 37.6 Å². The largest absolute Gasteiger partial charge is 0.461 e. The van der Waals surface area contributed by atoms with E-state index in [2.05, 4.69) is 5.32 Å². The highest BCUT2D eigenvalue weighted by atomic mass is 32.2. The third-order valence-electron chi connectivity index (χ3n) is 4.37. The van der Waals surface area contributed by atoms with Crippen molar-refractivity contribution < 1.29 is 28.7 Å². The molecule has 0 saturated carbocycles. The number of hydrogen-bond acceptors (Lipinski definition) is 8. The number of nitrogens with one attached hydrogen (secondary N) is 1. The number of thioether (sulfide) groups is 1. The summed E-state index contributed by atoms with van der Waals surface area (Å²) >= 11 is 2.78. The van der Waals surface area contributed by atoms with E-state index in [9.17, 15) is 19.2 Å². The summed E-state index contributed by atoms with van der Waals surface area (Å²) in [6.45, 7) is 6.37. The van der Waals surface area contributed by atoms with E-state index in [1.54, 1.807) is 26.2 Å². The zero-order valence-electron chi connectivity index (χ0n) is 17.2. The maximum atomic E-state index is 12.9. The normalized spacial score (nSPS) is 23.1. The molecule has 0 aliphatic carbocycles. The highest BCUT2D eigenvalue weighted by Gasteiger charge is 2.56. The number of fused-ring (bicyclic) bond motifs is 1. The Balaban J connectivity index is 1.74. The van der Waals surface area contributed by atoms with Crippen molar-refractivity contribution >= 4 is 46.9 Å². The molecule has 0 bridgehead atoms.